The fourth-order valence-electron chi connectivity index (χ4n) is 2.27. The molecule has 6 heteroatoms. The summed E-state index contributed by atoms with van der Waals surface area (Å²) >= 11 is 3.44. The second-order valence-electron chi connectivity index (χ2n) is 4.88. The van der Waals surface area contributed by atoms with Gasteiger partial charge in [-0.25, -0.2) is 4.79 Å². The largest absolute Gasteiger partial charge is 0.467 e. The fourth-order valence-corrected chi connectivity index (χ4v) is 2.72. The molecule has 0 aromatic heterocycles. The molecule has 1 amide bonds. The number of nitrogens with one attached hydrogen (secondary N) is 1. The van der Waals surface area contributed by atoms with Crippen molar-refractivity contribution in [2.75, 3.05) is 13.7 Å². The van der Waals surface area contributed by atoms with Crippen molar-refractivity contribution in [3.63, 3.8) is 0 Å². The second kappa shape index (κ2) is 7.56. The van der Waals surface area contributed by atoms with Crippen molar-refractivity contribution >= 4 is 27.8 Å². The lowest BCUT2D eigenvalue weighted by Gasteiger charge is -2.19. The van der Waals surface area contributed by atoms with Gasteiger partial charge in [-0.1, -0.05) is 34.1 Å². The highest BCUT2D eigenvalue weighted by Gasteiger charge is 2.29. The van der Waals surface area contributed by atoms with Gasteiger partial charge in [0.25, 0.3) is 0 Å². The summed E-state index contributed by atoms with van der Waals surface area (Å²) < 4.78 is 11.0. The molecule has 0 unspecified atom stereocenters. The lowest BCUT2D eigenvalue weighted by molar-refractivity contribution is -0.146. The van der Waals surface area contributed by atoms with Crippen molar-refractivity contribution in [1.82, 2.24) is 5.32 Å². The number of esters is 1. The van der Waals surface area contributed by atoms with Crippen LogP contribution in [0.5, 0.6) is 0 Å². The van der Waals surface area contributed by atoms with E-state index < -0.39 is 18.1 Å². The van der Waals surface area contributed by atoms with Crippen LogP contribution in [-0.2, 0) is 25.5 Å². The molecule has 1 N–H and O–H groups in total. The van der Waals surface area contributed by atoms with Crippen LogP contribution in [0.25, 0.3) is 0 Å². The molecule has 2 rings (SSSR count). The summed E-state index contributed by atoms with van der Waals surface area (Å²) in [6.07, 6.45) is 1.46. The maximum atomic E-state index is 12.1. The number of ether oxygens (including phenoxy) is 2. The van der Waals surface area contributed by atoms with Gasteiger partial charge in [-0.15, -0.1) is 0 Å². The monoisotopic (exact) mass is 355 g/mol. The Morgan fingerprint density at radius 3 is 2.86 bits per heavy atom. The molecule has 1 aliphatic heterocycles. The van der Waals surface area contributed by atoms with E-state index in [0.29, 0.717) is 19.4 Å². The standard InChI is InChI=1S/C15H18BrNO4/c1-20-15(19)12(9-10-5-2-3-6-11(10)16)17-14(18)13-7-4-8-21-13/h2-3,5-6,12-13H,4,7-9H2,1H3,(H,17,18)/t12-,13-/m1/s1. The van der Waals surface area contributed by atoms with Gasteiger partial charge in [-0.3, -0.25) is 4.79 Å². The molecule has 1 aromatic rings. The number of rotatable bonds is 5. The Bertz CT molecular complexity index is 514. The molecule has 1 heterocycles. The Morgan fingerprint density at radius 1 is 1.48 bits per heavy atom. The molecule has 0 bridgehead atoms. The van der Waals surface area contributed by atoms with Gasteiger partial charge in [0.05, 0.1) is 7.11 Å². The molecule has 0 saturated carbocycles. The Hall–Kier alpha value is -1.40. The van der Waals surface area contributed by atoms with Crippen LogP contribution >= 0.6 is 15.9 Å². The molecule has 5 nitrogen and oxygen atoms in total. The lowest BCUT2D eigenvalue weighted by atomic mass is 10.1. The number of halogens is 1. The zero-order valence-electron chi connectivity index (χ0n) is 11.8. The zero-order valence-corrected chi connectivity index (χ0v) is 13.4. The van der Waals surface area contributed by atoms with Crippen LogP contribution in [0.15, 0.2) is 28.7 Å². The summed E-state index contributed by atoms with van der Waals surface area (Å²) in [5.41, 5.74) is 0.931. The molecular weight excluding hydrogens is 338 g/mol. The smallest absolute Gasteiger partial charge is 0.328 e. The predicted molar refractivity (Wildman–Crippen MR) is 80.8 cm³/mol. The Morgan fingerprint density at radius 2 is 2.24 bits per heavy atom. The van der Waals surface area contributed by atoms with Gasteiger partial charge >= 0.3 is 5.97 Å². The van der Waals surface area contributed by atoms with Crippen molar-refractivity contribution in [1.29, 1.82) is 0 Å². The van der Waals surface area contributed by atoms with Crippen LogP contribution in [0.1, 0.15) is 18.4 Å². The molecule has 1 aromatic carbocycles. The van der Waals surface area contributed by atoms with E-state index in [0.717, 1.165) is 16.5 Å². The summed E-state index contributed by atoms with van der Waals surface area (Å²) in [5, 5.41) is 2.73. The fraction of sp³-hybridized carbons (Fsp3) is 0.467. The highest BCUT2D eigenvalue weighted by atomic mass is 79.9. The maximum Gasteiger partial charge on any atom is 0.328 e. The second-order valence-corrected chi connectivity index (χ2v) is 5.74. The van der Waals surface area contributed by atoms with Crippen LogP contribution in [-0.4, -0.2) is 37.7 Å². The quantitative estimate of drug-likeness (QED) is 0.818. The number of benzene rings is 1. The third kappa shape index (κ3) is 4.28. The topological polar surface area (TPSA) is 64.6 Å². The van der Waals surface area contributed by atoms with Gasteiger partial charge in [0.2, 0.25) is 5.91 Å². The van der Waals surface area contributed by atoms with Crippen LogP contribution < -0.4 is 5.32 Å². The number of amides is 1. The van der Waals surface area contributed by atoms with Gasteiger partial charge in [-0.2, -0.15) is 0 Å². The maximum absolute atomic E-state index is 12.1. The van der Waals surface area contributed by atoms with Crippen LogP contribution in [0.2, 0.25) is 0 Å². The number of hydrogen-bond acceptors (Lipinski definition) is 4. The first-order valence-electron chi connectivity index (χ1n) is 6.85. The van der Waals surface area contributed by atoms with Gasteiger partial charge in [-0.05, 0) is 24.5 Å². The SMILES string of the molecule is COC(=O)[C@@H](Cc1ccccc1Br)NC(=O)[C@H]1CCCO1. The highest BCUT2D eigenvalue weighted by molar-refractivity contribution is 9.10. The Kier molecular flexibility index (Phi) is 5.76. The van der Waals surface area contributed by atoms with E-state index in [4.69, 9.17) is 9.47 Å². The van der Waals surface area contributed by atoms with E-state index in [1.165, 1.54) is 7.11 Å². The van der Waals surface area contributed by atoms with E-state index in [1.807, 2.05) is 24.3 Å². The summed E-state index contributed by atoms with van der Waals surface area (Å²) in [5.74, 6) is -0.716. The number of methoxy groups -OCH3 is 1. The average molecular weight is 356 g/mol. The summed E-state index contributed by atoms with van der Waals surface area (Å²) in [4.78, 5) is 24.0. The van der Waals surface area contributed by atoms with Crippen molar-refractivity contribution in [3.05, 3.63) is 34.3 Å². The van der Waals surface area contributed by atoms with Gasteiger partial charge in [0.15, 0.2) is 0 Å². The van der Waals surface area contributed by atoms with Gasteiger partial charge in [0.1, 0.15) is 12.1 Å². The zero-order chi connectivity index (χ0) is 15.2. The number of carbonyl (C=O) groups is 2. The van der Waals surface area contributed by atoms with E-state index in [9.17, 15) is 9.59 Å². The van der Waals surface area contributed by atoms with Crippen LogP contribution in [0, 0.1) is 0 Å². The molecule has 21 heavy (non-hydrogen) atoms. The van der Waals surface area contributed by atoms with Crippen molar-refractivity contribution in [2.45, 2.75) is 31.4 Å². The predicted octanol–water partition coefficient (Wildman–Crippen LogP) is 1.83. The van der Waals surface area contributed by atoms with Gasteiger partial charge < -0.3 is 14.8 Å². The van der Waals surface area contributed by atoms with E-state index in [-0.39, 0.29) is 5.91 Å². The molecule has 0 aliphatic carbocycles. The molecular formula is C15H18BrNO4. The third-order valence-electron chi connectivity index (χ3n) is 3.41. The minimum absolute atomic E-state index is 0.255. The molecule has 0 radical (unpaired) electrons. The molecule has 114 valence electrons. The lowest BCUT2D eigenvalue weighted by Crippen LogP contribution is -2.47. The van der Waals surface area contributed by atoms with E-state index in [1.54, 1.807) is 0 Å². The van der Waals surface area contributed by atoms with Crippen LogP contribution in [0.3, 0.4) is 0 Å². The first kappa shape index (κ1) is 16.0. The van der Waals surface area contributed by atoms with Crippen LogP contribution in [0.4, 0.5) is 0 Å². The normalized spacial score (nSPS) is 19.0. The Labute approximate surface area is 132 Å². The van der Waals surface area contributed by atoms with Crippen molar-refractivity contribution < 1.29 is 19.1 Å². The number of carbonyl (C=O) groups excluding carboxylic acids is 2. The van der Waals surface area contributed by atoms with Gasteiger partial charge in [0, 0.05) is 17.5 Å². The average Bonchev–Trinajstić information content (AvgIpc) is 3.02. The van der Waals surface area contributed by atoms with Crippen molar-refractivity contribution in [3.8, 4) is 0 Å². The van der Waals surface area contributed by atoms with E-state index in [2.05, 4.69) is 21.2 Å². The minimum Gasteiger partial charge on any atom is -0.467 e. The first-order valence-corrected chi connectivity index (χ1v) is 7.64. The molecule has 2 atom stereocenters. The molecule has 0 spiro atoms. The molecule has 1 saturated heterocycles. The molecule has 1 aliphatic rings. The summed E-state index contributed by atoms with van der Waals surface area (Å²) in [6, 6.07) is 6.86. The third-order valence-corrected chi connectivity index (χ3v) is 4.18. The molecule has 1 fully saturated rings. The first-order chi connectivity index (χ1) is 10.1. The Balaban J connectivity index is 2.06. The number of hydrogen-bond donors (Lipinski definition) is 1. The summed E-state index contributed by atoms with van der Waals surface area (Å²) in [7, 11) is 1.31. The van der Waals surface area contributed by atoms with Crippen molar-refractivity contribution in [2.24, 2.45) is 0 Å². The summed E-state index contributed by atoms with van der Waals surface area (Å²) in [6.45, 7) is 0.589. The minimum atomic E-state index is -0.717. The van der Waals surface area contributed by atoms with E-state index >= 15 is 0 Å². The highest BCUT2D eigenvalue weighted by Crippen LogP contribution is 2.18.